The zero-order valence-electron chi connectivity index (χ0n) is 24.1. The molecule has 204 valence electrons. The molecule has 4 rings (SSSR count). The number of aryl methyl sites for hydroxylation is 2. The second-order valence-electron chi connectivity index (χ2n) is 11.0. The standard InChI is InChI=1S/C34H40N2O3/c1-23-12-17-30(35-25-13-15-26(39-7)16-14-25)32(22-23)36(18-19-38-6)31-11-9-8-10-27(31)28-20-24(2)21-29(33(28)37)34(3,4)5/h8-17,20-22,35,37H,18-19H2,1-7H3. The van der Waals surface area contributed by atoms with E-state index in [4.69, 9.17) is 9.47 Å². The summed E-state index contributed by atoms with van der Waals surface area (Å²) in [6.45, 7) is 11.7. The number of ether oxygens (including phenoxy) is 2. The van der Waals surface area contributed by atoms with Gasteiger partial charge < -0.3 is 24.8 Å². The maximum absolute atomic E-state index is 11.5. The Labute approximate surface area is 233 Å². The molecule has 0 amide bonds. The number of nitrogens with one attached hydrogen (secondary N) is 1. The first-order valence-corrected chi connectivity index (χ1v) is 13.3. The monoisotopic (exact) mass is 524 g/mol. The van der Waals surface area contributed by atoms with Crippen LogP contribution in [0.1, 0.15) is 37.5 Å². The van der Waals surface area contributed by atoms with E-state index in [1.165, 1.54) is 0 Å². The first kappa shape index (κ1) is 28.1. The van der Waals surface area contributed by atoms with Gasteiger partial charge in [0, 0.05) is 41.7 Å². The lowest BCUT2D eigenvalue weighted by Gasteiger charge is -2.30. The van der Waals surface area contributed by atoms with Gasteiger partial charge in [0.2, 0.25) is 0 Å². The maximum atomic E-state index is 11.5. The van der Waals surface area contributed by atoms with Gasteiger partial charge in [-0.2, -0.15) is 0 Å². The van der Waals surface area contributed by atoms with Gasteiger partial charge >= 0.3 is 0 Å². The Bertz CT molecular complexity index is 1420. The van der Waals surface area contributed by atoms with E-state index < -0.39 is 0 Å². The fraction of sp³-hybridized carbons (Fsp3) is 0.294. The van der Waals surface area contributed by atoms with Crippen molar-refractivity contribution in [3.05, 3.63) is 95.6 Å². The summed E-state index contributed by atoms with van der Waals surface area (Å²) in [5, 5.41) is 15.1. The van der Waals surface area contributed by atoms with E-state index in [9.17, 15) is 5.11 Å². The Morgan fingerprint density at radius 3 is 2.18 bits per heavy atom. The number of phenols is 1. The van der Waals surface area contributed by atoms with Gasteiger partial charge in [-0.25, -0.2) is 0 Å². The molecule has 0 fully saturated rings. The van der Waals surface area contributed by atoms with Crippen LogP contribution in [0, 0.1) is 13.8 Å². The Morgan fingerprint density at radius 1 is 0.795 bits per heavy atom. The quantitative estimate of drug-likeness (QED) is 0.230. The zero-order valence-corrected chi connectivity index (χ0v) is 24.1. The number of anilines is 4. The van der Waals surface area contributed by atoms with E-state index in [1.54, 1.807) is 14.2 Å². The van der Waals surface area contributed by atoms with Gasteiger partial charge in [0.1, 0.15) is 11.5 Å². The molecule has 5 heteroatoms. The van der Waals surface area contributed by atoms with E-state index >= 15 is 0 Å². The van der Waals surface area contributed by atoms with Crippen molar-refractivity contribution >= 4 is 22.7 Å². The van der Waals surface area contributed by atoms with Crippen molar-refractivity contribution < 1.29 is 14.6 Å². The Hall–Kier alpha value is -3.96. The molecule has 4 aromatic carbocycles. The third kappa shape index (κ3) is 6.37. The molecule has 0 spiro atoms. The van der Waals surface area contributed by atoms with Crippen molar-refractivity contribution in [2.75, 3.05) is 37.6 Å². The lowest BCUT2D eigenvalue weighted by atomic mass is 9.83. The molecule has 5 nitrogen and oxygen atoms in total. The van der Waals surface area contributed by atoms with Crippen LogP contribution >= 0.6 is 0 Å². The molecule has 0 unspecified atom stereocenters. The fourth-order valence-electron chi connectivity index (χ4n) is 4.85. The molecular formula is C34H40N2O3. The lowest BCUT2D eigenvalue weighted by Crippen LogP contribution is -2.23. The normalized spacial score (nSPS) is 11.4. The van der Waals surface area contributed by atoms with Gasteiger partial charge in [-0.15, -0.1) is 0 Å². The predicted octanol–water partition coefficient (Wildman–Crippen LogP) is 8.51. The van der Waals surface area contributed by atoms with Crippen LogP contribution in [0.25, 0.3) is 11.1 Å². The van der Waals surface area contributed by atoms with Gasteiger partial charge in [-0.1, -0.05) is 51.1 Å². The predicted molar refractivity (Wildman–Crippen MR) is 163 cm³/mol. The van der Waals surface area contributed by atoms with Crippen molar-refractivity contribution in [3.63, 3.8) is 0 Å². The highest BCUT2D eigenvalue weighted by molar-refractivity contribution is 5.89. The Morgan fingerprint density at radius 2 is 1.51 bits per heavy atom. The molecule has 0 saturated carbocycles. The van der Waals surface area contributed by atoms with Crippen molar-refractivity contribution in [2.24, 2.45) is 0 Å². The van der Waals surface area contributed by atoms with Crippen molar-refractivity contribution in [1.29, 1.82) is 0 Å². The average molecular weight is 525 g/mol. The molecule has 39 heavy (non-hydrogen) atoms. The van der Waals surface area contributed by atoms with Gasteiger partial charge in [0.25, 0.3) is 0 Å². The number of rotatable bonds is 9. The molecule has 0 aromatic heterocycles. The average Bonchev–Trinajstić information content (AvgIpc) is 2.91. The van der Waals surface area contributed by atoms with Crippen LogP contribution in [0.3, 0.4) is 0 Å². The van der Waals surface area contributed by atoms with Gasteiger partial charge in [-0.3, -0.25) is 0 Å². The minimum Gasteiger partial charge on any atom is -0.507 e. The van der Waals surface area contributed by atoms with Crippen LogP contribution in [-0.4, -0.2) is 32.5 Å². The topological polar surface area (TPSA) is 54.0 Å². The summed E-state index contributed by atoms with van der Waals surface area (Å²) < 4.78 is 10.9. The number of methoxy groups -OCH3 is 2. The summed E-state index contributed by atoms with van der Waals surface area (Å²) in [5.41, 5.74) is 8.77. The molecule has 0 radical (unpaired) electrons. The third-order valence-electron chi connectivity index (χ3n) is 6.88. The third-order valence-corrected chi connectivity index (χ3v) is 6.88. The fourth-order valence-corrected chi connectivity index (χ4v) is 4.85. The molecule has 0 heterocycles. The second kappa shape index (κ2) is 11.8. The smallest absolute Gasteiger partial charge is 0.127 e. The number of phenolic OH excluding ortho intramolecular Hbond substituents is 1. The van der Waals surface area contributed by atoms with Crippen molar-refractivity contribution in [3.8, 4) is 22.6 Å². The number of benzene rings is 4. The summed E-state index contributed by atoms with van der Waals surface area (Å²) in [4.78, 5) is 2.27. The lowest BCUT2D eigenvalue weighted by molar-refractivity contribution is 0.207. The SMILES string of the molecule is COCCN(c1cc(C)ccc1Nc1ccc(OC)cc1)c1ccccc1-c1cc(C)cc(C(C)(C)C)c1O. The zero-order chi connectivity index (χ0) is 28.2. The summed E-state index contributed by atoms with van der Waals surface area (Å²) in [5.74, 6) is 1.14. The molecule has 4 aromatic rings. The molecular weight excluding hydrogens is 484 g/mol. The number of nitrogens with zero attached hydrogens (tertiary/aromatic N) is 1. The van der Waals surface area contributed by atoms with Crippen LogP contribution in [0.5, 0.6) is 11.5 Å². The molecule has 0 aliphatic rings. The molecule has 0 aliphatic carbocycles. The van der Waals surface area contributed by atoms with E-state index in [0.29, 0.717) is 18.9 Å². The molecule has 2 N–H and O–H groups in total. The molecule has 0 atom stereocenters. The number of hydrogen-bond donors (Lipinski definition) is 2. The van der Waals surface area contributed by atoms with E-state index in [0.717, 1.165) is 56.3 Å². The number of hydrogen-bond acceptors (Lipinski definition) is 5. The van der Waals surface area contributed by atoms with E-state index in [2.05, 4.69) is 87.3 Å². The van der Waals surface area contributed by atoms with Gasteiger partial charge in [0.15, 0.2) is 0 Å². The van der Waals surface area contributed by atoms with Crippen molar-refractivity contribution in [1.82, 2.24) is 0 Å². The maximum Gasteiger partial charge on any atom is 0.127 e. The summed E-state index contributed by atoms with van der Waals surface area (Å²) in [6, 6.07) is 26.7. The first-order chi connectivity index (χ1) is 18.6. The second-order valence-corrected chi connectivity index (χ2v) is 11.0. The van der Waals surface area contributed by atoms with Crippen LogP contribution in [0.2, 0.25) is 0 Å². The van der Waals surface area contributed by atoms with Crippen LogP contribution < -0.4 is 15.0 Å². The Balaban J connectivity index is 1.88. The summed E-state index contributed by atoms with van der Waals surface area (Å²) in [6.07, 6.45) is 0. The molecule has 0 aliphatic heterocycles. The molecule has 0 saturated heterocycles. The summed E-state index contributed by atoms with van der Waals surface area (Å²) in [7, 11) is 3.39. The number of aromatic hydroxyl groups is 1. The van der Waals surface area contributed by atoms with Crippen LogP contribution in [0.4, 0.5) is 22.7 Å². The largest absolute Gasteiger partial charge is 0.507 e. The highest BCUT2D eigenvalue weighted by Gasteiger charge is 2.24. The minimum absolute atomic E-state index is 0.193. The Kier molecular flexibility index (Phi) is 8.51. The first-order valence-electron chi connectivity index (χ1n) is 13.3. The van der Waals surface area contributed by atoms with Crippen molar-refractivity contribution in [2.45, 2.75) is 40.0 Å². The van der Waals surface area contributed by atoms with Crippen LogP contribution in [-0.2, 0) is 10.2 Å². The van der Waals surface area contributed by atoms with Crippen LogP contribution in [0.15, 0.2) is 78.9 Å². The van der Waals surface area contributed by atoms with E-state index in [1.807, 2.05) is 36.4 Å². The van der Waals surface area contributed by atoms with E-state index in [-0.39, 0.29) is 5.41 Å². The number of para-hydroxylation sites is 1. The highest BCUT2D eigenvalue weighted by Crippen LogP contribution is 2.45. The summed E-state index contributed by atoms with van der Waals surface area (Å²) >= 11 is 0. The highest BCUT2D eigenvalue weighted by atomic mass is 16.5. The van der Waals surface area contributed by atoms with Gasteiger partial charge in [-0.05, 0) is 78.9 Å². The molecule has 0 bridgehead atoms. The van der Waals surface area contributed by atoms with Gasteiger partial charge in [0.05, 0.1) is 25.1 Å². The minimum atomic E-state index is -0.193.